The van der Waals surface area contributed by atoms with Gasteiger partial charge in [-0.15, -0.1) is 0 Å². The molecule has 0 aromatic rings. The van der Waals surface area contributed by atoms with Crippen LogP contribution in [0.15, 0.2) is 0 Å². The van der Waals surface area contributed by atoms with E-state index in [1.165, 1.54) is 25.7 Å². The van der Waals surface area contributed by atoms with Crippen LogP contribution in [0, 0.1) is 0 Å². The highest BCUT2D eigenvalue weighted by atomic mass is 15.5. The van der Waals surface area contributed by atoms with E-state index in [0.717, 1.165) is 0 Å². The van der Waals surface area contributed by atoms with E-state index >= 15 is 0 Å². The Morgan fingerprint density at radius 3 is 2.33 bits per heavy atom. The van der Waals surface area contributed by atoms with Crippen LogP contribution in [0.25, 0.3) is 0 Å². The lowest BCUT2D eigenvalue weighted by atomic mass is 10.2. The van der Waals surface area contributed by atoms with Crippen LogP contribution in [-0.4, -0.2) is 16.6 Å². The maximum atomic E-state index is 5.85. The van der Waals surface area contributed by atoms with Gasteiger partial charge in [0.2, 0.25) is 0 Å². The lowest BCUT2D eigenvalue weighted by molar-refractivity contribution is 0.191. The van der Waals surface area contributed by atoms with Gasteiger partial charge in [0.05, 0.1) is 0 Å². The second-order valence-corrected chi connectivity index (χ2v) is 3.52. The Labute approximate surface area is 56.0 Å². The fraction of sp³-hybridized carbons (Fsp3) is 1.00. The fourth-order valence-corrected chi connectivity index (χ4v) is 1.87. The molecule has 1 saturated carbocycles. The molecule has 1 heterocycles. The fourth-order valence-electron chi connectivity index (χ4n) is 1.87. The zero-order valence-corrected chi connectivity index (χ0v) is 5.93. The molecular weight excluding hydrogens is 112 g/mol. The van der Waals surface area contributed by atoms with Gasteiger partial charge in [-0.3, -0.25) is 5.84 Å². The molecule has 1 aliphatic carbocycles. The Kier molecular flexibility index (Phi) is 0.945. The molecular formula is C7H14N2. The molecule has 1 saturated heterocycles. The van der Waals surface area contributed by atoms with Gasteiger partial charge in [-0.1, -0.05) is 0 Å². The third kappa shape index (κ3) is 0.634. The largest absolute Gasteiger partial charge is 0.268 e. The van der Waals surface area contributed by atoms with Gasteiger partial charge in [-0.25, -0.2) is 5.01 Å². The predicted molar refractivity (Wildman–Crippen MR) is 36.7 cm³/mol. The number of rotatable bonds is 0. The molecule has 0 amide bonds. The van der Waals surface area contributed by atoms with Gasteiger partial charge in [0.15, 0.2) is 0 Å². The average molecular weight is 126 g/mol. The van der Waals surface area contributed by atoms with Crippen LogP contribution >= 0.6 is 0 Å². The van der Waals surface area contributed by atoms with E-state index in [-0.39, 0.29) is 0 Å². The minimum Gasteiger partial charge on any atom is -0.268 e. The Morgan fingerprint density at radius 1 is 1.44 bits per heavy atom. The van der Waals surface area contributed by atoms with E-state index in [1.807, 2.05) is 0 Å². The first-order valence-electron chi connectivity index (χ1n) is 3.79. The maximum Gasteiger partial charge on any atom is 0.0356 e. The van der Waals surface area contributed by atoms with Gasteiger partial charge in [0.25, 0.3) is 0 Å². The van der Waals surface area contributed by atoms with Crippen molar-refractivity contribution in [1.29, 1.82) is 0 Å². The number of hydrazine groups is 1. The van der Waals surface area contributed by atoms with Crippen molar-refractivity contribution in [1.82, 2.24) is 5.01 Å². The maximum absolute atomic E-state index is 5.85. The van der Waals surface area contributed by atoms with Crippen molar-refractivity contribution in [3.63, 3.8) is 0 Å². The van der Waals surface area contributed by atoms with E-state index in [9.17, 15) is 0 Å². The van der Waals surface area contributed by atoms with Crippen molar-refractivity contribution in [2.75, 3.05) is 0 Å². The van der Waals surface area contributed by atoms with E-state index < -0.39 is 0 Å². The van der Waals surface area contributed by atoms with E-state index in [0.29, 0.717) is 11.6 Å². The molecule has 0 aromatic heterocycles. The Morgan fingerprint density at radius 2 is 2.11 bits per heavy atom. The molecule has 2 rings (SSSR count). The second-order valence-electron chi connectivity index (χ2n) is 3.52. The number of nitrogens with two attached hydrogens (primary N) is 1. The zero-order chi connectivity index (χ0) is 6.48. The summed E-state index contributed by atoms with van der Waals surface area (Å²) < 4.78 is 0. The highest BCUT2D eigenvalue weighted by molar-refractivity contribution is 5.07. The second kappa shape index (κ2) is 1.50. The van der Waals surface area contributed by atoms with Crippen LogP contribution in [0.5, 0.6) is 0 Å². The van der Waals surface area contributed by atoms with Crippen molar-refractivity contribution < 1.29 is 0 Å². The Bertz CT molecular complexity index is 129. The molecule has 2 fully saturated rings. The van der Waals surface area contributed by atoms with Gasteiger partial charge in [0, 0.05) is 11.6 Å². The quantitative estimate of drug-likeness (QED) is 0.488. The average Bonchev–Trinajstić information content (AvgIpc) is 2.57. The van der Waals surface area contributed by atoms with Gasteiger partial charge < -0.3 is 0 Å². The lowest BCUT2D eigenvalue weighted by Crippen LogP contribution is -2.42. The molecule has 0 aromatic carbocycles. The predicted octanol–water partition coefficient (Wildman–Crippen LogP) is 0.877. The molecule has 2 nitrogen and oxygen atoms in total. The molecule has 1 spiro atoms. The summed E-state index contributed by atoms with van der Waals surface area (Å²) in [5, 5.41) is 2.08. The van der Waals surface area contributed by atoms with Crippen molar-refractivity contribution in [2.45, 2.75) is 44.2 Å². The SMILES string of the molecule is C[C@@H]1CCC2(CC2)N1N. The monoisotopic (exact) mass is 126 g/mol. The number of nitrogens with zero attached hydrogens (tertiary/aromatic N) is 1. The van der Waals surface area contributed by atoms with Crippen LogP contribution in [-0.2, 0) is 0 Å². The molecule has 9 heavy (non-hydrogen) atoms. The molecule has 0 unspecified atom stereocenters. The van der Waals surface area contributed by atoms with Crippen molar-refractivity contribution in [2.24, 2.45) is 5.84 Å². The Balaban J connectivity index is 2.13. The molecule has 2 N–H and O–H groups in total. The van der Waals surface area contributed by atoms with E-state index in [2.05, 4.69) is 11.9 Å². The molecule has 2 heteroatoms. The number of hydrogen-bond acceptors (Lipinski definition) is 2. The van der Waals surface area contributed by atoms with Crippen molar-refractivity contribution in [3.05, 3.63) is 0 Å². The van der Waals surface area contributed by atoms with Crippen molar-refractivity contribution >= 4 is 0 Å². The van der Waals surface area contributed by atoms with E-state index in [1.54, 1.807) is 0 Å². The zero-order valence-electron chi connectivity index (χ0n) is 5.93. The van der Waals surface area contributed by atoms with Gasteiger partial charge in [-0.05, 0) is 32.6 Å². The van der Waals surface area contributed by atoms with Crippen LogP contribution in [0.3, 0.4) is 0 Å². The molecule has 2 aliphatic rings. The minimum atomic E-state index is 0.486. The first-order valence-corrected chi connectivity index (χ1v) is 3.79. The summed E-state index contributed by atoms with van der Waals surface area (Å²) in [6.07, 6.45) is 5.32. The van der Waals surface area contributed by atoms with Crippen LogP contribution < -0.4 is 5.84 Å². The van der Waals surface area contributed by atoms with Crippen LogP contribution in [0.4, 0.5) is 0 Å². The topological polar surface area (TPSA) is 29.3 Å². The van der Waals surface area contributed by atoms with Crippen LogP contribution in [0.2, 0.25) is 0 Å². The standard InChI is InChI=1S/C7H14N2/c1-6-2-3-7(4-5-7)9(6)8/h6H,2-5,8H2,1H3/t6-/m1/s1. The van der Waals surface area contributed by atoms with Gasteiger partial charge in [-0.2, -0.15) is 0 Å². The Hall–Kier alpha value is -0.0800. The summed E-state index contributed by atoms with van der Waals surface area (Å²) in [6.45, 7) is 2.22. The number of hydrogen-bond donors (Lipinski definition) is 1. The van der Waals surface area contributed by atoms with Crippen LogP contribution in [0.1, 0.15) is 32.6 Å². The minimum absolute atomic E-state index is 0.486. The first-order chi connectivity index (χ1) is 4.25. The van der Waals surface area contributed by atoms with Gasteiger partial charge in [0.1, 0.15) is 0 Å². The first kappa shape index (κ1) is 5.69. The summed E-state index contributed by atoms with van der Waals surface area (Å²) in [7, 11) is 0. The summed E-state index contributed by atoms with van der Waals surface area (Å²) in [4.78, 5) is 0. The third-order valence-corrected chi connectivity index (χ3v) is 2.88. The van der Waals surface area contributed by atoms with Gasteiger partial charge >= 0.3 is 0 Å². The normalized spacial score (nSPS) is 40.0. The van der Waals surface area contributed by atoms with E-state index in [4.69, 9.17) is 5.84 Å². The molecule has 0 bridgehead atoms. The lowest BCUT2D eigenvalue weighted by Gasteiger charge is -2.21. The summed E-state index contributed by atoms with van der Waals surface area (Å²) in [6, 6.07) is 0.632. The highest BCUT2D eigenvalue weighted by Crippen LogP contribution is 2.49. The molecule has 1 aliphatic heterocycles. The summed E-state index contributed by atoms with van der Waals surface area (Å²) in [5.74, 6) is 5.85. The summed E-state index contributed by atoms with van der Waals surface area (Å²) in [5.41, 5.74) is 0.486. The molecule has 1 atom stereocenters. The smallest absolute Gasteiger partial charge is 0.0356 e. The summed E-state index contributed by atoms with van der Waals surface area (Å²) >= 11 is 0. The van der Waals surface area contributed by atoms with Crippen molar-refractivity contribution in [3.8, 4) is 0 Å². The molecule has 0 radical (unpaired) electrons. The highest BCUT2D eigenvalue weighted by Gasteiger charge is 2.52. The molecule has 52 valence electrons. The third-order valence-electron chi connectivity index (χ3n) is 2.88.